The summed E-state index contributed by atoms with van der Waals surface area (Å²) in [6.07, 6.45) is 1.04. The molecule has 188 valence electrons. The van der Waals surface area contributed by atoms with Crippen molar-refractivity contribution in [3.05, 3.63) is 41.4 Å². The lowest BCUT2D eigenvalue weighted by molar-refractivity contribution is -0.117. The predicted molar refractivity (Wildman–Crippen MR) is 134 cm³/mol. The van der Waals surface area contributed by atoms with Crippen molar-refractivity contribution in [3.63, 3.8) is 0 Å². The molecule has 3 aromatic heterocycles. The minimum absolute atomic E-state index is 0.106. The van der Waals surface area contributed by atoms with Gasteiger partial charge in [0, 0.05) is 44.5 Å². The number of amides is 1. The van der Waals surface area contributed by atoms with E-state index in [2.05, 4.69) is 37.1 Å². The molecule has 1 aliphatic heterocycles. The zero-order valence-corrected chi connectivity index (χ0v) is 21.2. The molecule has 1 saturated heterocycles. The molecule has 0 aromatic carbocycles. The maximum Gasteiger partial charge on any atom is 0.239 e. The molecule has 1 atom stereocenters. The van der Waals surface area contributed by atoms with Crippen LogP contribution in [0, 0.1) is 20.8 Å². The summed E-state index contributed by atoms with van der Waals surface area (Å²) in [5, 5.41) is 7.51. The smallest absolute Gasteiger partial charge is 0.239 e. The monoisotopic (exact) mass is 481 g/mol. The number of aromatic nitrogens is 4. The van der Waals surface area contributed by atoms with E-state index in [0.717, 1.165) is 49.7 Å². The summed E-state index contributed by atoms with van der Waals surface area (Å²) in [5.41, 5.74) is 1.83. The van der Waals surface area contributed by atoms with Gasteiger partial charge in [-0.25, -0.2) is 14.6 Å². The Bertz CT molecular complexity index is 1160. The van der Waals surface area contributed by atoms with Gasteiger partial charge in [-0.2, -0.15) is 5.10 Å². The average Bonchev–Trinajstić information content (AvgIpc) is 3.54. The van der Waals surface area contributed by atoms with E-state index in [-0.39, 0.29) is 5.91 Å². The number of methoxy groups -OCH3 is 1. The van der Waals surface area contributed by atoms with Crippen LogP contribution in [-0.2, 0) is 9.53 Å². The summed E-state index contributed by atoms with van der Waals surface area (Å²) in [6.45, 7) is 12.6. The highest BCUT2D eigenvalue weighted by atomic mass is 16.5. The summed E-state index contributed by atoms with van der Waals surface area (Å²) in [4.78, 5) is 26.8. The summed E-state index contributed by atoms with van der Waals surface area (Å²) in [7, 11) is 1.73. The summed E-state index contributed by atoms with van der Waals surface area (Å²) in [5.74, 6) is 2.59. The van der Waals surface area contributed by atoms with Crippen LogP contribution < -0.4 is 5.32 Å². The number of likely N-dealkylation sites (tertiary alicyclic amines) is 1. The fraction of sp³-hybridized carbons (Fsp3) is 0.520. The molecule has 35 heavy (non-hydrogen) atoms. The Morgan fingerprint density at radius 1 is 1.26 bits per heavy atom. The van der Waals surface area contributed by atoms with E-state index in [9.17, 15) is 4.79 Å². The number of anilines is 1. The third-order valence-corrected chi connectivity index (χ3v) is 6.29. The third kappa shape index (κ3) is 6.14. The largest absolute Gasteiger partial charge is 0.458 e. The van der Waals surface area contributed by atoms with E-state index in [0.29, 0.717) is 42.4 Å². The number of carbonyl (C=O) groups excluding carboxylic acids is 1. The molecule has 4 rings (SSSR count). The van der Waals surface area contributed by atoms with Gasteiger partial charge in [0.2, 0.25) is 5.91 Å². The van der Waals surface area contributed by atoms with Gasteiger partial charge < -0.3 is 14.5 Å². The van der Waals surface area contributed by atoms with Gasteiger partial charge in [0.1, 0.15) is 11.6 Å². The molecule has 1 N–H and O–H groups in total. The minimum Gasteiger partial charge on any atom is -0.458 e. The molecule has 0 spiro atoms. The number of hydrogen-bond donors (Lipinski definition) is 1. The molecule has 1 amide bonds. The van der Waals surface area contributed by atoms with Gasteiger partial charge >= 0.3 is 0 Å². The molecular formula is C25H35N7O3. The number of furan rings is 1. The molecule has 10 nitrogen and oxygen atoms in total. The minimum atomic E-state index is -0.106. The molecule has 4 heterocycles. The van der Waals surface area contributed by atoms with Crippen molar-refractivity contribution in [2.45, 2.75) is 40.2 Å². The Morgan fingerprint density at radius 3 is 2.74 bits per heavy atom. The van der Waals surface area contributed by atoms with E-state index in [1.807, 2.05) is 39.0 Å². The van der Waals surface area contributed by atoms with Gasteiger partial charge in [0.05, 0.1) is 18.8 Å². The lowest BCUT2D eigenvalue weighted by atomic mass is 10.2. The highest BCUT2D eigenvalue weighted by Crippen LogP contribution is 2.23. The normalized spacial score (nSPS) is 16.3. The standard InChI is InChI=1S/C25H35N7O3/c1-6-31(11-12-34-5)20-9-10-30(15-20)16-24(33)26-22-14-23(32-18(3)13-17(2)29-32)28-25(27-22)21-8-7-19(4)35-21/h7-8,13-14,20H,6,9-12,15-16H2,1-5H3,(H,26,27,28,33). The van der Waals surface area contributed by atoms with Crippen molar-refractivity contribution in [2.75, 3.05) is 51.8 Å². The molecule has 3 aromatic rings. The Morgan fingerprint density at radius 2 is 2.09 bits per heavy atom. The summed E-state index contributed by atoms with van der Waals surface area (Å²) >= 11 is 0. The number of nitrogens with one attached hydrogen (secondary N) is 1. The fourth-order valence-electron chi connectivity index (χ4n) is 4.58. The van der Waals surface area contributed by atoms with Crippen LogP contribution in [-0.4, -0.2) is 87.9 Å². The van der Waals surface area contributed by atoms with E-state index >= 15 is 0 Å². The molecule has 0 aliphatic carbocycles. The van der Waals surface area contributed by atoms with Crippen molar-refractivity contribution in [1.29, 1.82) is 0 Å². The highest BCUT2D eigenvalue weighted by molar-refractivity contribution is 5.91. The molecular weight excluding hydrogens is 446 g/mol. The van der Waals surface area contributed by atoms with E-state index in [1.54, 1.807) is 17.9 Å². The van der Waals surface area contributed by atoms with Gasteiger partial charge in [0.25, 0.3) is 0 Å². The van der Waals surface area contributed by atoms with Crippen LogP contribution in [0.1, 0.15) is 30.5 Å². The maximum atomic E-state index is 13.0. The van der Waals surface area contributed by atoms with E-state index in [1.165, 1.54) is 0 Å². The quantitative estimate of drug-likeness (QED) is 0.472. The SMILES string of the molecule is CCN(CCOC)C1CCN(CC(=O)Nc2cc(-n3nc(C)cc3C)nc(-c3ccc(C)o3)n2)C1. The van der Waals surface area contributed by atoms with Crippen LogP contribution in [0.15, 0.2) is 28.7 Å². The molecule has 0 saturated carbocycles. The number of ether oxygens (including phenoxy) is 1. The lowest BCUT2D eigenvalue weighted by Gasteiger charge is -2.27. The molecule has 0 bridgehead atoms. The fourth-order valence-corrected chi connectivity index (χ4v) is 4.58. The van der Waals surface area contributed by atoms with Gasteiger partial charge in [0.15, 0.2) is 17.4 Å². The van der Waals surface area contributed by atoms with Crippen molar-refractivity contribution < 1.29 is 13.9 Å². The predicted octanol–water partition coefficient (Wildman–Crippen LogP) is 2.83. The number of likely N-dealkylation sites (N-methyl/N-ethyl adjacent to an activating group) is 1. The van der Waals surface area contributed by atoms with Crippen molar-refractivity contribution in [2.24, 2.45) is 0 Å². The zero-order valence-electron chi connectivity index (χ0n) is 21.2. The number of carbonyl (C=O) groups is 1. The van der Waals surface area contributed by atoms with Crippen LogP contribution >= 0.6 is 0 Å². The second-order valence-electron chi connectivity index (χ2n) is 9.03. The van der Waals surface area contributed by atoms with Crippen LogP contribution in [0.5, 0.6) is 0 Å². The second-order valence-corrected chi connectivity index (χ2v) is 9.03. The summed E-state index contributed by atoms with van der Waals surface area (Å²) < 4.78 is 12.7. The number of nitrogens with zero attached hydrogens (tertiary/aromatic N) is 6. The second kappa shape index (κ2) is 11.1. The van der Waals surface area contributed by atoms with Crippen molar-refractivity contribution in [3.8, 4) is 17.4 Å². The first-order valence-corrected chi connectivity index (χ1v) is 12.1. The molecule has 0 radical (unpaired) electrons. The first-order valence-electron chi connectivity index (χ1n) is 12.1. The first kappa shape index (κ1) is 25.0. The Kier molecular flexibility index (Phi) is 7.94. The lowest BCUT2D eigenvalue weighted by Crippen LogP contribution is -2.40. The van der Waals surface area contributed by atoms with Crippen molar-refractivity contribution >= 4 is 11.7 Å². The van der Waals surface area contributed by atoms with E-state index < -0.39 is 0 Å². The molecule has 1 unspecified atom stereocenters. The summed E-state index contributed by atoms with van der Waals surface area (Å²) in [6, 6.07) is 7.85. The van der Waals surface area contributed by atoms with Gasteiger partial charge in [-0.15, -0.1) is 0 Å². The van der Waals surface area contributed by atoms with Crippen LogP contribution in [0.25, 0.3) is 17.4 Å². The van der Waals surface area contributed by atoms with Crippen molar-refractivity contribution in [1.82, 2.24) is 29.5 Å². The number of rotatable bonds is 10. The first-order chi connectivity index (χ1) is 16.9. The van der Waals surface area contributed by atoms with Crippen LogP contribution in [0.2, 0.25) is 0 Å². The van der Waals surface area contributed by atoms with Crippen LogP contribution in [0.3, 0.4) is 0 Å². The average molecular weight is 482 g/mol. The highest BCUT2D eigenvalue weighted by Gasteiger charge is 2.28. The van der Waals surface area contributed by atoms with Gasteiger partial charge in [-0.1, -0.05) is 6.92 Å². The Labute approximate surface area is 206 Å². The van der Waals surface area contributed by atoms with Crippen LogP contribution in [0.4, 0.5) is 5.82 Å². The molecule has 1 aliphatic rings. The Balaban J connectivity index is 1.49. The Hall–Kier alpha value is -3.08. The van der Waals surface area contributed by atoms with E-state index in [4.69, 9.17) is 9.15 Å². The zero-order chi connectivity index (χ0) is 24.9. The number of aryl methyl sites for hydroxylation is 3. The third-order valence-electron chi connectivity index (χ3n) is 6.29. The molecule has 1 fully saturated rings. The topological polar surface area (TPSA) is 102 Å². The van der Waals surface area contributed by atoms with Gasteiger partial charge in [-0.05, 0) is 51.9 Å². The van der Waals surface area contributed by atoms with Gasteiger partial charge in [-0.3, -0.25) is 14.6 Å². The maximum absolute atomic E-state index is 13.0. The molecule has 10 heteroatoms. The number of hydrogen-bond acceptors (Lipinski definition) is 8.